The summed E-state index contributed by atoms with van der Waals surface area (Å²) in [4.78, 5) is 11.9. The van der Waals surface area contributed by atoms with Crippen LogP contribution in [0.4, 0.5) is 0 Å². The summed E-state index contributed by atoms with van der Waals surface area (Å²) in [5.74, 6) is -0.361. The monoisotopic (exact) mass is 360 g/mol. The first-order chi connectivity index (χ1) is 9.45. The summed E-state index contributed by atoms with van der Waals surface area (Å²) in [6, 6.07) is 6.55. The number of amides is 1. The molecule has 0 bridgehead atoms. The molecule has 20 heavy (non-hydrogen) atoms. The number of halogens is 1. The Morgan fingerprint density at radius 1 is 1.35 bits per heavy atom. The highest BCUT2D eigenvalue weighted by molar-refractivity contribution is 9.10. The van der Waals surface area contributed by atoms with Crippen molar-refractivity contribution in [2.75, 3.05) is 20.1 Å². The standard InChI is InChI=1S/C13H17BrN2O3S/c1-15-13(17)10-3-2-8-16(9-10)20(18,19)12-6-4-11(14)5-7-12/h4-7,10H,2-3,8-9H2,1H3,(H,15,17)/t10-/m1/s1. The maximum atomic E-state index is 12.5. The summed E-state index contributed by atoms with van der Waals surface area (Å²) in [6.07, 6.45) is 1.43. The van der Waals surface area contributed by atoms with Crippen LogP contribution >= 0.6 is 15.9 Å². The van der Waals surface area contributed by atoms with Gasteiger partial charge in [-0.1, -0.05) is 15.9 Å². The van der Waals surface area contributed by atoms with Gasteiger partial charge < -0.3 is 5.32 Å². The van der Waals surface area contributed by atoms with Crippen LogP contribution in [-0.2, 0) is 14.8 Å². The van der Waals surface area contributed by atoms with E-state index in [4.69, 9.17) is 0 Å². The van der Waals surface area contributed by atoms with Crippen LogP contribution in [0.25, 0.3) is 0 Å². The third-order valence-electron chi connectivity index (χ3n) is 3.45. The molecular formula is C13H17BrN2O3S. The molecule has 1 aliphatic rings. The van der Waals surface area contributed by atoms with E-state index in [1.807, 2.05) is 0 Å². The zero-order chi connectivity index (χ0) is 14.8. The Balaban J connectivity index is 2.21. The Bertz CT molecular complexity index is 586. The number of carbonyl (C=O) groups is 1. The summed E-state index contributed by atoms with van der Waals surface area (Å²) in [6.45, 7) is 0.712. The van der Waals surface area contributed by atoms with Gasteiger partial charge in [-0.3, -0.25) is 4.79 Å². The van der Waals surface area contributed by atoms with E-state index in [1.54, 1.807) is 31.3 Å². The van der Waals surface area contributed by atoms with Crippen molar-refractivity contribution < 1.29 is 13.2 Å². The average Bonchev–Trinajstić information content (AvgIpc) is 2.47. The summed E-state index contributed by atoms with van der Waals surface area (Å²) < 4.78 is 27.3. The molecule has 2 rings (SSSR count). The maximum absolute atomic E-state index is 12.5. The number of carbonyl (C=O) groups excluding carboxylic acids is 1. The number of rotatable bonds is 3. The minimum absolute atomic E-state index is 0.0966. The first kappa shape index (κ1) is 15.5. The van der Waals surface area contributed by atoms with Crippen molar-refractivity contribution in [3.05, 3.63) is 28.7 Å². The second kappa shape index (κ2) is 6.24. The predicted molar refractivity (Wildman–Crippen MR) is 79.7 cm³/mol. The molecule has 0 spiro atoms. The minimum atomic E-state index is -3.52. The fraction of sp³-hybridized carbons (Fsp3) is 0.462. The third kappa shape index (κ3) is 3.21. The zero-order valence-corrected chi connectivity index (χ0v) is 13.6. The number of nitrogens with zero attached hydrogens (tertiary/aromatic N) is 1. The van der Waals surface area contributed by atoms with Crippen molar-refractivity contribution in [1.82, 2.24) is 9.62 Å². The molecule has 0 unspecified atom stereocenters. The van der Waals surface area contributed by atoms with E-state index < -0.39 is 10.0 Å². The number of benzene rings is 1. The molecule has 110 valence electrons. The molecule has 1 atom stereocenters. The molecule has 1 fully saturated rings. The normalized spacial score (nSPS) is 20.6. The lowest BCUT2D eigenvalue weighted by Gasteiger charge is -2.30. The molecule has 1 heterocycles. The van der Waals surface area contributed by atoms with Crippen molar-refractivity contribution in [3.63, 3.8) is 0 Å². The predicted octanol–water partition coefficient (Wildman–Crippen LogP) is 1.60. The number of hydrogen-bond donors (Lipinski definition) is 1. The average molecular weight is 361 g/mol. The molecule has 7 heteroatoms. The molecule has 1 aromatic rings. The van der Waals surface area contributed by atoms with Gasteiger partial charge in [0.1, 0.15) is 0 Å². The number of nitrogens with one attached hydrogen (secondary N) is 1. The number of hydrogen-bond acceptors (Lipinski definition) is 3. The quantitative estimate of drug-likeness (QED) is 0.889. The fourth-order valence-corrected chi connectivity index (χ4v) is 4.12. The van der Waals surface area contributed by atoms with Gasteiger partial charge in [-0.05, 0) is 37.1 Å². The topological polar surface area (TPSA) is 66.5 Å². The van der Waals surface area contributed by atoms with Gasteiger partial charge in [-0.2, -0.15) is 4.31 Å². The second-order valence-electron chi connectivity index (χ2n) is 4.77. The van der Waals surface area contributed by atoms with Crippen LogP contribution in [-0.4, -0.2) is 38.8 Å². The van der Waals surface area contributed by atoms with E-state index in [0.29, 0.717) is 13.0 Å². The Morgan fingerprint density at radius 2 is 2.00 bits per heavy atom. The van der Waals surface area contributed by atoms with E-state index in [9.17, 15) is 13.2 Å². The van der Waals surface area contributed by atoms with Crippen molar-refractivity contribution in [2.24, 2.45) is 5.92 Å². The summed E-state index contributed by atoms with van der Waals surface area (Å²) in [5.41, 5.74) is 0. The lowest BCUT2D eigenvalue weighted by Crippen LogP contribution is -2.44. The van der Waals surface area contributed by atoms with Crippen LogP contribution in [0.15, 0.2) is 33.6 Å². The fourth-order valence-electron chi connectivity index (χ4n) is 2.33. The first-order valence-electron chi connectivity index (χ1n) is 6.42. The van der Waals surface area contributed by atoms with E-state index >= 15 is 0 Å². The van der Waals surface area contributed by atoms with Gasteiger partial charge in [0.05, 0.1) is 10.8 Å². The van der Waals surface area contributed by atoms with Crippen LogP contribution in [0.1, 0.15) is 12.8 Å². The number of piperidine rings is 1. The van der Waals surface area contributed by atoms with Gasteiger partial charge in [0, 0.05) is 24.6 Å². The summed E-state index contributed by atoms with van der Waals surface area (Å²) in [7, 11) is -1.95. The van der Waals surface area contributed by atoms with Gasteiger partial charge in [0.15, 0.2) is 0 Å². The van der Waals surface area contributed by atoms with Crippen LogP contribution < -0.4 is 5.32 Å². The summed E-state index contributed by atoms with van der Waals surface area (Å²) in [5, 5.41) is 2.59. The van der Waals surface area contributed by atoms with Crippen molar-refractivity contribution in [3.8, 4) is 0 Å². The van der Waals surface area contributed by atoms with Gasteiger partial charge in [-0.25, -0.2) is 8.42 Å². The molecule has 0 radical (unpaired) electrons. The van der Waals surface area contributed by atoms with E-state index in [2.05, 4.69) is 21.2 Å². The van der Waals surface area contributed by atoms with Crippen molar-refractivity contribution in [1.29, 1.82) is 0 Å². The Hall–Kier alpha value is -0.920. The maximum Gasteiger partial charge on any atom is 0.243 e. The van der Waals surface area contributed by atoms with Gasteiger partial charge in [0.25, 0.3) is 0 Å². The highest BCUT2D eigenvalue weighted by atomic mass is 79.9. The highest BCUT2D eigenvalue weighted by Crippen LogP contribution is 2.24. The van der Waals surface area contributed by atoms with E-state index in [1.165, 1.54) is 4.31 Å². The zero-order valence-electron chi connectivity index (χ0n) is 11.2. The molecule has 0 aromatic heterocycles. The molecular weight excluding hydrogens is 344 g/mol. The van der Waals surface area contributed by atoms with Crippen LogP contribution in [0.5, 0.6) is 0 Å². The lowest BCUT2D eigenvalue weighted by atomic mass is 9.99. The largest absolute Gasteiger partial charge is 0.359 e. The van der Waals surface area contributed by atoms with Crippen LogP contribution in [0.2, 0.25) is 0 Å². The highest BCUT2D eigenvalue weighted by Gasteiger charge is 2.32. The number of sulfonamides is 1. The first-order valence-corrected chi connectivity index (χ1v) is 8.66. The Kier molecular flexibility index (Phi) is 4.82. The molecule has 1 amide bonds. The molecule has 0 saturated carbocycles. The van der Waals surface area contributed by atoms with Crippen molar-refractivity contribution >= 4 is 31.9 Å². The van der Waals surface area contributed by atoms with Crippen LogP contribution in [0, 0.1) is 5.92 Å². The molecule has 1 saturated heterocycles. The van der Waals surface area contributed by atoms with Crippen molar-refractivity contribution in [2.45, 2.75) is 17.7 Å². The molecule has 5 nitrogen and oxygen atoms in total. The Morgan fingerprint density at radius 3 is 2.60 bits per heavy atom. The van der Waals surface area contributed by atoms with E-state index in [0.717, 1.165) is 10.9 Å². The smallest absolute Gasteiger partial charge is 0.243 e. The molecule has 1 N–H and O–H groups in total. The molecule has 0 aliphatic carbocycles. The van der Waals surface area contributed by atoms with Gasteiger partial charge in [0.2, 0.25) is 15.9 Å². The lowest BCUT2D eigenvalue weighted by molar-refractivity contribution is -0.125. The van der Waals surface area contributed by atoms with Crippen LogP contribution in [0.3, 0.4) is 0 Å². The minimum Gasteiger partial charge on any atom is -0.359 e. The second-order valence-corrected chi connectivity index (χ2v) is 7.62. The summed E-state index contributed by atoms with van der Waals surface area (Å²) >= 11 is 3.28. The third-order valence-corrected chi connectivity index (χ3v) is 5.86. The van der Waals surface area contributed by atoms with Gasteiger partial charge in [-0.15, -0.1) is 0 Å². The Labute approximate surface area is 127 Å². The van der Waals surface area contributed by atoms with Gasteiger partial charge >= 0.3 is 0 Å². The molecule has 1 aliphatic heterocycles. The SMILES string of the molecule is CNC(=O)[C@@H]1CCCN(S(=O)(=O)c2ccc(Br)cc2)C1. The van der Waals surface area contributed by atoms with E-state index in [-0.39, 0.29) is 23.3 Å². The molecule has 1 aromatic carbocycles.